The molecule has 1 aliphatic carbocycles. The van der Waals surface area contributed by atoms with Crippen LogP contribution in [0.2, 0.25) is 0 Å². The molecule has 19 heavy (non-hydrogen) atoms. The van der Waals surface area contributed by atoms with Crippen molar-refractivity contribution in [3.8, 4) is 11.5 Å². The van der Waals surface area contributed by atoms with Crippen LogP contribution in [0.15, 0.2) is 0 Å². The van der Waals surface area contributed by atoms with Gasteiger partial charge in [0.05, 0.1) is 0 Å². The Morgan fingerprint density at radius 3 is 2.79 bits per heavy atom. The van der Waals surface area contributed by atoms with Crippen LogP contribution in [-0.2, 0) is 16.8 Å². The molecule has 0 fully saturated rings. The Labute approximate surface area is 112 Å². The van der Waals surface area contributed by atoms with E-state index in [2.05, 4.69) is 6.92 Å². The number of hydrogen-bond acceptors (Lipinski definition) is 4. The van der Waals surface area contributed by atoms with Gasteiger partial charge in [-0.25, -0.2) is 4.79 Å². The van der Waals surface area contributed by atoms with E-state index in [0.717, 1.165) is 36.0 Å². The number of phenols is 1. The minimum atomic E-state index is -1.66. The molecule has 0 amide bonds. The minimum absolute atomic E-state index is 0.0354. The van der Waals surface area contributed by atoms with Gasteiger partial charge < -0.3 is 14.9 Å². The second kappa shape index (κ2) is 3.73. The van der Waals surface area contributed by atoms with Crippen LogP contribution in [0.4, 0.5) is 0 Å². The van der Waals surface area contributed by atoms with Gasteiger partial charge in [-0.05, 0) is 50.2 Å². The van der Waals surface area contributed by atoms with Crippen molar-refractivity contribution in [3.05, 3.63) is 22.3 Å². The third-order valence-corrected chi connectivity index (χ3v) is 4.47. The molecular weight excluding hydrogens is 244 g/mol. The molecule has 0 saturated carbocycles. The van der Waals surface area contributed by atoms with Crippen LogP contribution in [0.5, 0.6) is 11.5 Å². The number of ether oxygens (including phenoxy) is 1. The van der Waals surface area contributed by atoms with E-state index >= 15 is 0 Å². The predicted octanol–water partition coefficient (Wildman–Crippen LogP) is 2.27. The molecule has 4 nitrogen and oxygen atoms in total. The zero-order valence-corrected chi connectivity index (χ0v) is 11.4. The summed E-state index contributed by atoms with van der Waals surface area (Å²) in [5.74, 6) is -0.198. The van der Waals surface area contributed by atoms with Gasteiger partial charge in [0.15, 0.2) is 17.1 Å². The number of aliphatic hydroxyl groups is 1. The van der Waals surface area contributed by atoms with Crippen LogP contribution in [0, 0.1) is 6.92 Å². The molecule has 1 heterocycles. The highest BCUT2D eigenvalue weighted by Gasteiger charge is 2.48. The Hall–Kier alpha value is -1.55. The second-order valence-electron chi connectivity index (χ2n) is 5.82. The maximum absolute atomic E-state index is 11.8. The average molecular weight is 262 g/mol. The molecule has 0 unspecified atom stereocenters. The molecule has 0 spiro atoms. The van der Waals surface area contributed by atoms with Crippen LogP contribution in [-0.4, -0.2) is 16.2 Å². The lowest BCUT2D eigenvalue weighted by Crippen LogP contribution is -2.30. The molecule has 102 valence electrons. The van der Waals surface area contributed by atoms with Crippen molar-refractivity contribution in [2.45, 2.75) is 51.6 Å². The number of carbonyl (C=O) groups is 1. The van der Waals surface area contributed by atoms with Gasteiger partial charge in [-0.3, -0.25) is 0 Å². The van der Waals surface area contributed by atoms with E-state index in [9.17, 15) is 15.0 Å². The summed E-state index contributed by atoms with van der Waals surface area (Å²) in [7, 11) is 0. The van der Waals surface area contributed by atoms with Crippen molar-refractivity contribution in [2.75, 3.05) is 0 Å². The lowest BCUT2D eigenvalue weighted by molar-refractivity contribution is -0.150. The average Bonchev–Trinajstić information content (AvgIpc) is 2.58. The third-order valence-electron chi connectivity index (χ3n) is 4.47. The number of phenolic OH excluding ortho intramolecular Hbond substituents is 1. The van der Waals surface area contributed by atoms with Crippen LogP contribution >= 0.6 is 0 Å². The molecule has 0 aromatic heterocycles. The van der Waals surface area contributed by atoms with E-state index in [0.29, 0.717) is 11.5 Å². The predicted molar refractivity (Wildman–Crippen MR) is 69.4 cm³/mol. The van der Waals surface area contributed by atoms with Gasteiger partial charge in [0, 0.05) is 11.1 Å². The first kappa shape index (κ1) is 12.5. The summed E-state index contributed by atoms with van der Waals surface area (Å²) in [5, 5.41) is 20.7. The number of carbonyl (C=O) groups excluding carboxylic acids is 1. The summed E-state index contributed by atoms with van der Waals surface area (Å²) < 4.78 is 5.10. The summed E-state index contributed by atoms with van der Waals surface area (Å²) in [4.78, 5) is 11.8. The highest BCUT2D eigenvalue weighted by Crippen LogP contribution is 2.52. The number of esters is 1. The van der Waals surface area contributed by atoms with Crippen LogP contribution < -0.4 is 4.74 Å². The highest BCUT2D eigenvalue weighted by atomic mass is 16.6. The van der Waals surface area contributed by atoms with E-state index in [1.807, 2.05) is 6.92 Å². The zero-order valence-electron chi connectivity index (χ0n) is 11.4. The van der Waals surface area contributed by atoms with Crippen molar-refractivity contribution in [3.63, 3.8) is 0 Å². The van der Waals surface area contributed by atoms with Crippen molar-refractivity contribution in [1.29, 1.82) is 0 Å². The Balaban J connectivity index is 2.36. The van der Waals surface area contributed by atoms with Gasteiger partial charge in [-0.15, -0.1) is 0 Å². The van der Waals surface area contributed by atoms with Crippen molar-refractivity contribution >= 4 is 5.97 Å². The van der Waals surface area contributed by atoms with Gasteiger partial charge >= 0.3 is 5.97 Å². The van der Waals surface area contributed by atoms with E-state index in [4.69, 9.17) is 4.74 Å². The number of hydrogen-bond donors (Lipinski definition) is 2. The normalized spacial score (nSPS) is 28.8. The Kier molecular flexibility index (Phi) is 2.45. The second-order valence-corrected chi connectivity index (χ2v) is 5.82. The maximum atomic E-state index is 11.8. The van der Waals surface area contributed by atoms with E-state index < -0.39 is 11.6 Å². The SMILES string of the molecule is Cc1c2c(c(O)c3c1[C@@](C)(O)C(=O)O3)CCC[C@@H]2C. The van der Waals surface area contributed by atoms with Crippen molar-refractivity contribution in [1.82, 2.24) is 0 Å². The summed E-state index contributed by atoms with van der Waals surface area (Å²) in [6, 6.07) is 0. The van der Waals surface area contributed by atoms with Crippen molar-refractivity contribution < 1.29 is 19.7 Å². The fraction of sp³-hybridized carbons (Fsp3) is 0.533. The molecule has 2 atom stereocenters. The molecule has 3 rings (SSSR count). The zero-order chi connectivity index (χ0) is 13.9. The van der Waals surface area contributed by atoms with Crippen molar-refractivity contribution in [2.24, 2.45) is 0 Å². The Bertz CT molecular complexity index is 587. The number of fused-ring (bicyclic) bond motifs is 2. The van der Waals surface area contributed by atoms with Gasteiger partial charge in [-0.1, -0.05) is 6.92 Å². The summed E-state index contributed by atoms with van der Waals surface area (Å²) >= 11 is 0. The lowest BCUT2D eigenvalue weighted by atomic mass is 9.77. The van der Waals surface area contributed by atoms with Crippen LogP contribution in [0.1, 0.15) is 54.9 Å². The molecular formula is C15H18O4. The Morgan fingerprint density at radius 2 is 2.11 bits per heavy atom. The molecule has 0 radical (unpaired) electrons. The number of benzene rings is 1. The van der Waals surface area contributed by atoms with Crippen LogP contribution in [0.3, 0.4) is 0 Å². The standard InChI is InChI=1S/C15H18O4/c1-7-5-4-6-9-10(7)8(2)11-13(12(9)16)19-14(17)15(11,3)18/h7,16,18H,4-6H2,1-3H3/t7-,15+/m0/s1. The largest absolute Gasteiger partial charge is 0.504 e. The molecule has 1 aromatic carbocycles. The first-order valence-corrected chi connectivity index (χ1v) is 6.69. The molecule has 2 aliphatic rings. The molecule has 1 aromatic rings. The number of aromatic hydroxyl groups is 1. The first-order chi connectivity index (χ1) is 8.85. The van der Waals surface area contributed by atoms with E-state index in [1.54, 1.807) is 0 Å². The first-order valence-electron chi connectivity index (χ1n) is 6.69. The van der Waals surface area contributed by atoms with Gasteiger partial charge in [0.25, 0.3) is 0 Å². The smallest absolute Gasteiger partial charge is 0.348 e. The molecule has 4 heteroatoms. The number of rotatable bonds is 0. The maximum Gasteiger partial charge on any atom is 0.348 e. The monoisotopic (exact) mass is 262 g/mol. The molecule has 0 bridgehead atoms. The van der Waals surface area contributed by atoms with Crippen LogP contribution in [0.25, 0.3) is 0 Å². The summed E-state index contributed by atoms with van der Waals surface area (Å²) in [6.45, 7) is 5.44. The van der Waals surface area contributed by atoms with E-state index in [1.165, 1.54) is 6.92 Å². The summed E-state index contributed by atoms with van der Waals surface area (Å²) in [6.07, 6.45) is 2.87. The quantitative estimate of drug-likeness (QED) is 0.556. The third kappa shape index (κ3) is 1.46. The molecule has 2 N–H and O–H groups in total. The Morgan fingerprint density at radius 1 is 1.42 bits per heavy atom. The fourth-order valence-electron chi connectivity index (χ4n) is 3.54. The minimum Gasteiger partial charge on any atom is -0.504 e. The molecule has 0 saturated heterocycles. The fourth-order valence-corrected chi connectivity index (χ4v) is 3.54. The lowest BCUT2D eigenvalue weighted by Gasteiger charge is -2.28. The summed E-state index contributed by atoms with van der Waals surface area (Å²) in [5.41, 5.74) is 1.60. The topological polar surface area (TPSA) is 66.8 Å². The highest BCUT2D eigenvalue weighted by molar-refractivity contribution is 5.91. The van der Waals surface area contributed by atoms with Gasteiger partial charge in [-0.2, -0.15) is 0 Å². The van der Waals surface area contributed by atoms with Gasteiger partial charge in [0.2, 0.25) is 0 Å². The van der Waals surface area contributed by atoms with E-state index in [-0.39, 0.29) is 11.5 Å². The molecule has 1 aliphatic heterocycles. The van der Waals surface area contributed by atoms with Gasteiger partial charge in [0.1, 0.15) is 0 Å².